The summed E-state index contributed by atoms with van der Waals surface area (Å²) in [6, 6.07) is 8.60. The molecule has 0 radical (unpaired) electrons. The Bertz CT molecular complexity index is 672. The summed E-state index contributed by atoms with van der Waals surface area (Å²) >= 11 is 0. The van der Waals surface area contributed by atoms with E-state index in [4.69, 9.17) is 4.74 Å². The van der Waals surface area contributed by atoms with Crippen LogP contribution in [0.2, 0.25) is 0 Å². The number of carbonyl (C=O) groups is 2. The highest BCUT2D eigenvalue weighted by Gasteiger charge is 2.35. The number of ether oxygens (including phenoxy) is 1. The maximum atomic E-state index is 13.0. The predicted octanol–water partition coefficient (Wildman–Crippen LogP) is 3.78. The molecule has 5 nitrogen and oxygen atoms in total. The maximum absolute atomic E-state index is 13.0. The smallest absolute Gasteiger partial charge is 0.410 e. The lowest BCUT2D eigenvalue weighted by Gasteiger charge is -2.35. The average Bonchev–Trinajstić information content (AvgIpc) is 3.03. The molecule has 1 aromatic carbocycles. The molecule has 0 N–H and O–H groups in total. The third-order valence-electron chi connectivity index (χ3n) is 5.41. The first kappa shape index (κ1) is 18.7. The normalized spacial score (nSPS) is 20.6. The molecule has 2 amide bonds. The van der Waals surface area contributed by atoms with Crippen molar-refractivity contribution in [3.8, 4) is 0 Å². The fraction of sp³-hybridized carbons (Fsp3) is 0.619. The predicted molar refractivity (Wildman–Crippen MR) is 101 cm³/mol. The summed E-state index contributed by atoms with van der Waals surface area (Å²) in [4.78, 5) is 28.8. The van der Waals surface area contributed by atoms with Crippen molar-refractivity contribution < 1.29 is 14.3 Å². The molecule has 1 saturated heterocycles. The minimum Gasteiger partial charge on any atom is -0.444 e. The van der Waals surface area contributed by atoms with Gasteiger partial charge in [0.05, 0.1) is 6.04 Å². The van der Waals surface area contributed by atoms with Crippen LogP contribution in [0.15, 0.2) is 24.3 Å². The van der Waals surface area contributed by atoms with Crippen molar-refractivity contribution in [2.24, 2.45) is 5.92 Å². The number of aryl methyl sites for hydroxylation is 1. The van der Waals surface area contributed by atoms with Gasteiger partial charge in [-0.3, -0.25) is 4.79 Å². The van der Waals surface area contributed by atoms with Gasteiger partial charge in [0.15, 0.2) is 0 Å². The van der Waals surface area contributed by atoms with E-state index >= 15 is 0 Å². The zero-order valence-corrected chi connectivity index (χ0v) is 16.3. The fourth-order valence-corrected chi connectivity index (χ4v) is 4.01. The second kappa shape index (κ2) is 7.29. The van der Waals surface area contributed by atoms with Crippen molar-refractivity contribution in [3.63, 3.8) is 0 Å². The lowest BCUT2D eigenvalue weighted by atomic mass is 9.94. The minimum atomic E-state index is -0.486. The Morgan fingerprint density at radius 1 is 1.12 bits per heavy atom. The van der Waals surface area contributed by atoms with Gasteiger partial charge in [0.2, 0.25) is 5.91 Å². The van der Waals surface area contributed by atoms with E-state index in [9.17, 15) is 9.59 Å². The van der Waals surface area contributed by atoms with Crippen LogP contribution >= 0.6 is 0 Å². The number of piperidine rings is 1. The van der Waals surface area contributed by atoms with Crippen LogP contribution < -0.4 is 0 Å². The van der Waals surface area contributed by atoms with Gasteiger partial charge >= 0.3 is 6.09 Å². The SMILES string of the molecule is CN(C(=O)C1CCN(C(=O)OC(C)(C)C)CC1)[C@@H]1CCc2ccccc21. The fourth-order valence-electron chi connectivity index (χ4n) is 4.01. The number of nitrogens with zero attached hydrogens (tertiary/aromatic N) is 2. The molecule has 1 aromatic rings. The number of hydrogen-bond donors (Lipinski definition) is 0. The number of carbonyl (C=O) groups excluding carboxylic acids is 2. The molecule has 0 aromatic heterocycles. The number of amides is 2. The molecular weight excluding hydrogens is 328 g/mol. The van der Waals surface area contributed by atoms with Crippen molar-refractivity contribution in [2.75, 3.05) is 20.1 Å². The molecule has 0 unspecified atom stereocenters. The molecule has 1 aliphatic carbocycles. The summed E-state index contributed by atoms with van der Waals surface area (Å²) < 4.78 is 5.43. The topological polar surface area (TPSA) is 49.9 Å². The number of rotatable bonds is 2. The van der Waals surface area contributed by atoms with E-state index in [1.165, 1.54) is 11.1 Å². The lowest BCUT2D eigenvalue weighted by molar-refractivity contribution is -0.138. The Morgan fingerprint density at radius 2 is 1.77 bits per heavy atom. The summed E-state index contributed by atoms with van der Waals surface area (Å²) in [5.41, 5.74) is 2.16. The first-order valence-electron chi connectivity index (χ1n) is 9.58. The molecule has 5 heteroatoms. The minimum absolute atomic E-state index is 0.00792. The van der Waals surface area contributed by atoms with Gasteiger partial charge in [-0.15, -0.1) is 0 Å². The van der Waals surface area contributed by atoms with E-state index in [-0.39, 0.29) is 24.0 Å². The van der Waals surface area contributed by atoms with Gasteiger partial charge in [0.1, 0.15) is 5.60 Å². The molecule has 0 bridgehead atoms. The van der Waals surface area contributed by atoms with Crippen LogP contribution in [0.5, 0.6) is 0 Å². The highest BCUT2D eigenvalue weighted by molar-refractivity contribution is 5.80. The van der Waals surface area contributed by atoms with Gasteiger partial charge in [-0.1, -0.05) is 24.3 Å². The Labute approximate surface area is 156 Å². The summed E-state index contributed by atoms with van der Waals surface area (Å²) in [5, 5.41) is 0. The zero-order chi connectivity index (χ0) is 18.9. The first-order chi connectivity index (χ1) is 12.3. The van der Waals surface area contributed by atoms with Crippen LogP contribution in [0.4, 0.5) is 4.79 Å². The first-order valence-corrected chi connectivity index (χ1v) is 9.58. The maximum Gasteiger partial charge on any atom is 0.410 e. The quantitative estimate of drug-likeness (QED) is 0.808. The molecule has 1 atom stereocenters. The third kappa shape index (κ3) is 4.02. The van der Waals surface area contributed by atoms with Crippen molar-refractivity contribution in [1.82, 2.24) is 9.80 Å². The van der Waals surface area contributed by atoms with E-state index in [1.54, 1.807) is 4.90 Å². The van der Waals surface area contributed by atoms with Crippen molar-refractivity contribution in [3.05, 3.63) is 35.4 Å². The molecule has 0 saturated carbocycles. The lowest BCUT2D eigenvalue weighted by Crippen LogP contribution is -2.45. The van der Waals surface area contributed by atoms with E-state index in [1.807, 2.05) is 32.7 Å². The number of benzene rings is 1. The second-order valence-corrected chi connectivity index (χ2v) is 8.44. The van der Waals surface area contributed by atoms with E-state index < -0.39 is 5.60 Å². The third-order valence-corrected chi connectivity index (χ3v) is 5.41. The molecule has 142 valence electrons. The largest absolute Gasteiger partial charge is 0.444 e. The Balaban J connectivity index is 1.56. The van der Waals surface area contributed by atoms with Crippen LogP contribution in [0.25, 0.3) is 0 Å². The Morgan fingerprint density at radius 3 is 2.42 bits per heavy atom. The van der Waals surface area contributed by atoms with Crippen LogP contribution in [0, 0.1) is 5.92 Å². The summed E-state index contributed by atoms with van der Waals surface area (Å²) in [5.74, 6) is 0.196. The number of likely N-dealkylation sites (tertiary alicyclic amines) is 1. The van der Waals surface area contributed by atoms with Crippen LogP contribution in [-0.2, 0) is 16.0 Å². The molecule has 3 rings (SSSR count). The Kier molecular flexibility index (Phi) is 5.26. The van der Waals surface area contributed by atoms with Crippen LogP contribution in [0.1, 0.15) is 57.2 Å². The van der Waals surface area contributed by atoms with Gasteiger partial charge in [0.25, 0.3) is 0 Å². The number of hydrogen-bond acceptors (Lipinski definition) is 3. The summed E-state index contributed by atoms with van der Waals surface area (Å²) in [7, 11) is 1.93. The van der Waals surface area contributed by atoms with Crippen molar-refractivity contribution in [2.45, 2.75) is 58.1 Å². The van der Waals surface area contributed by atoms with E-state index in [0.29, 0.717) is 25.9 Å². The van der Waals surface area contributed by atoms with E-state index in [0.717, 1.165) is 12.8 Å². The zero-order valence-electron chi connectivity index (χ0n) is 16.3. The van der Waals surface area contributed by atoms with Crippen LogP contribution in [0.3, 0.4) is 0 Å². The monoisotopic (exact) mass is 358 g/mol. The summed E-state index contributed by atoms with van der Waals surface area (Å²) in [6.07, 6.45) is 3.17. The van der Waals surface area contributed by atoms with Gasteiger partial charge in [-0.25, -0.2) is 4.79 Å². The average molecular weight is 358 g/mol. The van der Waals surface area contributed by atoms with Crippen molar-refractivity contribution in [1.29, 1.82) is 0 Å². The van der Waals surface area contributed by atoms with Gasteiger partial charge in [-0.2, -0.15) is 0 Å². The highest BCUT2D eigenvalue weighted by atomic mass is 16.6. The molecule has 1 heterocycles. The molecule has 1 fully saturated rings. The molecule has 0 spiro atoms. The van der Waals surface area contributed by atoms with Gasteiger partial charge < -0.3 is 14.5 Å². The summed E-state index contributed by atoms with van der Waals surface area (Å²) in [6.45, 7) is 6.78. The van der Waals surface area contributed by atoms with Crippen LogP contribution in [-0.4, -0.2) is 47.5 Å². The Hall–Kier alpha value is -2.04. The molecule has 26 heavy (non-hydrogen) atoms. The molecule has 2 aliphatic rings. The molecule has 1 aliphatic heterocycles. The second-order valence-electron chi connectivity index (χ2n) is 8.44. The van der Waals surface area contributed by atoms with Crippen molar-refractivity contribution >= 4 is 12.0 Å². The van der Waals surface area contributed by atoms with Gasteiger partial charge in [-0.05, 0) is 57.6 Å². The number of fused-ring (bicyclic) bond motifs is 1. The van der Waals surface area contributed by atoms with Gasteiger partial charge in [0, 0.05) is 26.1 Å². The molecular formula is C21H30N2O3. The van der Waals surface area contributed by atoms with E-state index in [2.05, 4.69) is 24.3 Å². The standard InChI is InChI=1S/C21H30N2O3/c1-21(2,3)26-20(25)23-13-11-16(12-14-23)19(24)22(4)18-10-9-15-7-5-6-8-17(15)18/h5-8,16,18H,9-14H2,1-4H3/t18-/m1/s1. The highest BCUT2D eigenvalue weighted by Crippen LogP contribution is 2.36.